The Bertz CT molecular complexity index is 1290. The second kappa shape index (κ2) is 11.4. The molecule has 190 valence electrons. The van der Waals surface area contributed by atoms with Gasteiger partial charge < -0.3 is 23.9 Å². The van der Waals surface area contributed by atoms with E-state index in [0.717, 1.165) is 5.56 Å². The molecule has 36 heavy (non-hydrogen) atoms. The van der Waals surface area contributed by atoms with Crippen molar-refractivity contribution in [2.45, 2.75) is 45.6 Å². The van der Waals surface area contributed by atoms with Crippen LogP contribution >= 0.6 is 0 Å². The molecule has 2 aromatic carbocycles. The molecule has 3 aromatic rings. The number of aliphatic hydroxyl groups is 1. The van der Waals surface area contributed by atoms with Gasteiger partial charge in [-0.2, -0.15) is 0 Å². The van der Waals surface area contributed by atoms with E-state index in [9.17, 15) is 14.4 Å². The third-order valence-electron chi connectivity index (χ3n) is 6.57. The first-order valence-electron chi connectivity index (χ1n) is 12.3. The highest BCUT2D eigenvalue weighted by atomic mass is 16.5. The van der Waals surface area contributed by atoms with E-state index in [1.165, 1.54) is 0 Å². The number of benzene rings is 2. The third-order valence-corrected chi connectivity index (χ3v) is 6.57. The van der Waals surface area contributed by atoms with Crippen molar-refractivity contribution in [1.29, 1.82) is 0 Å². The number of carbonyl (C=O) groups is 2. The summed E-state index contributed by atoms with van der Waals surface area (Å²) >= 11 is 0. The predicted molar refractivity (Wildman–Crippen MR) is 134 cm³/mol. The summed E-state index contributed by atoms with van der Waals surface area (Å²) in [6.07, 6.45) is 1.78. The summed E-state index contributed by atoms with van der Waals surface area (Å²) in [5.74, 6) is 0.0691. The molecule has 1 aliphatic heterocycles. The molecular formula is C28H31NO7. The van der Waals surface area contributed by atoms with Crippen LogP contribution in [-0.2, 0) is 16.1 Å². The zero-order valence-corrected chi connectivity index (χ0v) is 20.6. The maximum absolute atomic E-state index is 13.3. The number of rotatable bonds is 8. The normalized spacial score (nSPS) is 14.1. The van der Waals surface area contributed by atoms with Gasteiger partial charge in [0.15, 0.2) is 11.0 Å². The molecule has 1 aliphatic rings. The number of esters is 1. The van der Waals surface area contributed by atoms with Crippen LogP contribution in [0.5, 0.6) is 5.75 Å². The Morgan fingerprint density at radius 3 is 2.50 bits per heavy atom. The number of ether oxygens (including phenoxy) is 2. The van der Waals surface area contributed by atoms with E-state index >= 15 is 0 Å². The number of aliphatic hydroxyl groups excluding tert-OH is 1. The molecule has 1 N–H and O–H groups in total. The number of amides is 1. The second-order valence-corrected chi connectivity index (χ2v) is 8.88. The van der Waals surface area contributed by atoms with Crippen LogP contribution in [0, 0.1) is 6.92 Å². The lowest BCUT2D eigenvalue weighted by Crippen LogP contribution is -2.37. The van der Waals surface area contributed by atoms with E-state index in [0.29, 0.717) is 43.7 Å². The number of fused-ring (bicyclic) bond motifs is 1. The zero-order chi connectivity index (χ0) is 25.7. The van der Waals surface area contributed by atoms with Crippen molar-refractivity contribution in [3.05, 3.63) is 75.1 Å². The molecule has 0 unspecified atom stereocenters. The van der Waals surface area contributed by atoms with Crippen molar-refractivity contribution in [3.8, 4) is 5.75 Å². The fraction of sp³-hybridized carbons (Fsp3) is 0.393. The average Bonchev–Trinajstić information content (AvgIpc) is 2.92. The first kappa shape index (κ1) is 25.4. The number of carbonyl (C=O) groups excluding carboxylic acids is 2. The summed E-state index contributed by atoms with van der Waals surface area (Å²) in [7, 11) is 0. The quantitative estimate of drug-likeness (QED) is 0.474. The lowest BCUT2D eigenvalue weighted by atomic mass is 9.91. The molecule has 8 nitrogen and oxygen atoms in total. The fourth-order valence-corrected chi connectivity index (χ4v) is 4.61. The molecule has 1 fully saturated rings. The van der Waals surface area contributed by atoms with Gasteiger partial charge in [-0.1, -0.05) is 37.3 Å². The van der Waals surface area contributed by atoms with Gasteiger partial charge in [0, 0.05) is 31.0 Å². The monoisotopic (exact) mass is 493 g/mol. The van der Waals surface area contributed by atoms with E-state index in [-0.39, 0.29) is 59.4 Å². The Morgan fingerprint density at radius 1 is 1.11 bits per heavy atom. The van der Waals surface area contributed by atoms with E-state index < -0.39 is 5.97 Å². The molecule has 1 saturated heterocycles. The molecule has 4 rings (SSSR count). The van der Waals surface area contributed by atoms with Gasteiger partial charge in [0.1, 0.15) is 30.3 Å². The summed E-state index contributed by atoms with van der Waals surface area (Å²) in [5, 5.41) is 9.42. The molecule has 1 aromatic heterocycles. The zero-order valence-electron chi connectivity index (χ0n) is 20.6. The molecule has 0 atom stereocenters. The minimum atomic E-state index is -0.737. The van der Waals surface area contributed by atoms with Crippen molar-refractivity contribution < 1.29 is 28.6 Å². The van der Waals surface area contributed by atoms with Crippen LogP contribution in [0.4, 0.5) is 0 Å². The number of piperidine rings is 1. The highest BCUT2D eigenvalue weighted by Crippen LogP contribution is 2.35. The van der Waals surface area contributed by atoms with Crippen LogP contribution in [0.25, 0.3) is 11.0 Å². The van der Waals surface area contributed by atoms with Gasteiger partial charge in [-0.3, -0.25) is 9.59 Å². The average molecular weight is 494 g/mol. The fourth-order valence-electron chi connectivity index (χ4n) is 4.61. The van der Waals surface area contributed by atoms with Crippen molar-refractivity contribution in [2.75, 3.05) is 26.3 Å². The summed E-state index contributed by atoms with van der Waals surface area (Å²) in [5.41, 5.74) is 1.32. The Balaban J connectivity index is 1.75. The van der Waals surface area contributed by atoms with E-state index in [1.807, 2.05) is 42.2 Å². The van der Waals surface area contributed by atoms with Crippen LogP contribution in [-0.4, -0.2) is 48.2 Å². The maximum Gasteiger partial charge on any atom is 0.345 e. The largest absolute Gasteiger partial charge is 0.488 e. The molecule has 0 saturated carbocycles. The van der Waals surface area contributed by atoms with Crippen LogP contribution < -0.4 is 10.2 Å². The van der Waals surface area contributed by atoms with Gasteiger partial charge in [-0.15, -0.1) is 0 Å². The Hall–Kier alpha value is -3.65. The predicted octanol–water partition coefficient (Wildman–Crippen LogP) is 3.95. The number of hydrogen-bond acceptors (Lipinski definition) is 7. The summed E-state index contributed by atoms with van der Waals surface area (Å²) in [6, 6.07) is 12.7. The molecular weight excluding hydrogens is 462 g/mol. The highest BCUT2D eigenvalue weighted by molar-refractivity contribution is 6.04. The Kier molecular flexibility index (Phi) is 8.05. The Morgan fingerprint density at radius 2 is 1.83 bits per heavy atom. The van der Waals surface area contributed by atoms with Crippen LogP contribution in [0.15, 0.2) is 51.7 Å². The second-order valence-electron chi connectivity index (χ2n) is 8.88. The molecule has 0 aliphatic carbocycles. The van der Waals surface area contributed by atoms with Crippen LogP contribution in [0.1, 0.15) is 59.3 Å². The number of nitrogens with zero attached hydrogens (tertiary/aromatic N) is 1. The van der Waals surface area contributed by atoms with Crippen LogP contribution in [0.2, 0.25) is 0 Å². The van der Waals surface area contributed by atoms with E-state index in [4.69, 9.17) is 19.0 Å². The standard InChI is InChI=1S/C28H31NO7/c1-3-23(31)29-13-11-20(12-14-29)26-18(2)25(32)21-9-10-22(35-17-19-7-5-4-6-8-19)24(27(21)36-26)28(33)34-16-15-30/h4-10,20,30H,3,11-17H2,1-2H3. The van der Waals surface area contributed by atoms with Gasteiger partial charge in [0.05, 0.1) is 12.0 Å². The van der Waals surface area contributed by atoms with E-state index in [2.05, 4.69) is 0 Å². The smallest absolute Gasteiger partial charge is 0.345 e. The van der Waals surface area contributed by atoms with Crippen LogP contribution in [0.3, 0.4) is 0 Å². The van der Waals surface area contributed by atoms with Crippen molar-refractivity contribution >= 4 is 22.8 Å². The number of hydrogen-bond donors (Lipinski definition) is 1. The van der Waals surface area contributed by atoms with E-state index in [1.54, 1.807) is 19.1 Å². The third kappa shape index (κ3) is 5.28. The summed E-state index contributed by atoms with van der Waals surface area (Å²) < 4.78 is 17.5. The Labute approximate surface area is 209 Å². The molecule has 0 bridgehead atoms. The van der Waals surface area contributed by atoms with Gasteiger partial charge in [-0.25, -0.2) is 4.79 Å². The molecule has 0 radical (unpaired) electrons. The minimum absolute atomic E-state index is 0.0221. The first-order valence-corrected chi connectivity index (χ1v) is 12.3. The SMILES string of the molecule is CCC(=O)N1CCC(c2oc3c(C(=O)OCCO)c(OCc4ccccc4)ccc3c(=O)c2C)CC1. The maximum atomic E-state index is 13.3. The van der Waals surface area contributed by atoms with Crippen molar-refractivity contribution in [3.63, 3.8) is 0 Å². The van der Waals surface area contributed by atoms with Crippen molar-refractivity contribution in [2.24, 2.45) is 0 Å². The summed E-state index contributed by atoms with van der Waals surface area (Å²) in [4.78, 5) is 40.3. The molecule has 1 amide bonds. The molecule has 0 spiro atoms. The first-order chi connectivity index (χ1) is 17.4. The highest BCUT2D eigenvalue weighted by Gasteiger charge is 2.29. The lowest BCUT2D eigenvalue weighted by Gasteiger charge is -2.32. The van der Waals surface area contributed by atoms with Crippen molar-refractivity contribution in [1.82, 2.24) is 4.90 Å². The summed E-state index contributed by atoms with van der Waals surface area (Å²) in [6.45, 7) is 4.43. The topological polar surface area (TPSA) is 106 Å². The van der Waals surface area contributed by atoms with Gasteiger partial charge >= 0.3 is 5.97 Å². The molecule has 2 heterocycles. The van der Waals surface area contributed by atoms with Gasteiger partial charge in [-0.05, 0) is 37.5 Å². The lowest BCUT2D eigenvalue weighted by molar-refractivity contribution is -0.131. The van der Waals surface area contributed by atoms with Gasteiger partial charge in [0.2, 0.25) is 5.91 Å². The minimum Gasteiger partial charge on any atom is -0.488 e. The molecule has 8 heteroatoms. The van der Waals surface area contributed by atoms with Gasteiger partial charge in [0.25, 0.3) is 0 Å². The number of likely N-dealkylation sites (tertiary alicyclic amines) is 1.